The molecule has 0 aliphatic heterocycles. The van der Waals surface area contributed by atoms with Crippen LogP contribution in [0.2, 0.25) is 0 Å². The van der Waals surface area contributed by atoms with E-state index in [9.17, 15) is 9.59 Å². The summed E-state index contributed by atoms with van der Waals surface area (Å²) in [5, 5.41) is 5.96. The highest BCUT2D eigenvalue weighted by Crippen LogP contribution is 2.25. The zero-order valence-corrected chi connectivity index (χ0v) is 17.7. The number of carbonyl (C=O) groups is 2. The minimum absolute atomic E-state index is 0.0610. The molecule has 2 rings (SSSR count). The fraction of sp³-hybridized carbons (Fsp3) is 0.391. The lowest BCUT2D eigenvalue weighted by atomic mass is 9.92. The summed E-state index contributed by atoms with van der Waals surface area (Å²) in [4.78, 5) is 27.1. The van der Waals surface area contributed by atoms with E-state index in [-0.39, 0.29) is 23.3 Å². The molecule has 5 nitrogen and oxygen atoms in total. The maximum absolute atomic E-state index is 13.0. The minimum atomic E-state index is -0.174. The van der Waals surface area contributed by atoms with E-state index in [0.717, 1.165) is 11.3 Å². The van der Waals surface area contributed by atoms with Gasteiger partial charge in [0, 0.05) is 31.9 Å². The molecule has 0 radical (unpaired) electrons. The molecule has 0 aromatic heterocycles. The third kappa shape index (κ3) is 6.12. The van der Waals surface area contributed by atoms with E-state index in [1.165, 1.54) is 0 Å². The summed E-state index contributed by atoms with van der Waals surface area (Å²) in [6.07, 6.45) is 0.412. The molecule has 5 heteroatoms. The summed E-state index contributed by atoms with van der Waals surface area (Å²) in [5.41, 5.74) is 2.89. The van der Waals surface area contributed by atoms with Gasteiger partial charge >= 0.3 is 0 Å². The van der Waals surface area contributed by atoms with E-state index in [1.54, 1.807) is 6.07 Å². The molecule has 0 saturated heterocycles. The Labute approximate surface area is 168 Å². The molecule has 28 heavy (non-hydrogen) atoms. The highest BCUT2D eigenvalue weighted by atomic mass is 16.2. The van der Waals surface area contributed by atoms with Crippen molar-refractivity contribution in [2.24, 2.45) is 5.41 Å². The number of rotatable bonds is 6. The maximum Gasteiger partial charge on any atom is 0.253 e. The number of anilines is 2. The van der Waals surface area contributed by atoms with E-state index in [4.69, 9.17) is 0 Å². The lowest BCUT2D eigenvalue weighted by Crippen LogP contribution is -2.28. The average molecular weight is 382 g/mol. The van der Waals surface area contributed by atoms with E-state index >= 15 is 0 Å². The third-order valence-electron chi connectivity index (χ3n) is 4.34. The Hall–Kier alpha value is -2.82. The quantitative estimate of drug-likeness (QED) is 0.768. The van der Waals surface area contributed by atoms with Crippen LogP contribution in [0.15, 0.2) is 48.5 Å². The van der Waals surface area contributed by atoms with Crippen LogP contribution >= 0.6 is 0 Å². The molecule has 0 bridgehead atoms. The molecule has 150 valence electrons. The van der Waals surface area contributed by atoms with E-state index in [1.807, 2.05) is 89.2 Å². The predicted octanol–water partition coefficient (Wildman–Crippen LogP) is 4.62. The lowest BCUT2D eigenvalue weighted by Gasteiger charge is -2.21. The van der Waals surface area contributed by atoms with Gasteiger partial charge < -0.3 is 15.5 Å². The van der Waals surface area contributed by atoms with Crippen molar-refractivity contribution in [3.05, 3.63) is 59.7 Å². The van der Waals surface area contributed by atoms with E-state index in [0.29, 0.717) is 17.7 Å². The summed E-state index contributed by atoms with van der Waals surface area (Å²) in [5.74, 6) is -0.235. The van der Waals surface area contributed by atoms with Gasteiger partial charge in [-0.05, 0) is 36.1 Å². The Bertz CT molecular complexity index is 823. The van der Waals surface area contributed by atoms with Crippen LogP contribution in [0.3, 0.4) is 0 Å². The minimum Gasteiger partial charge on any atom is -0.377 e. The van der Waals surface area contributed by atoms with Gasteiger partial charge in [0.05, 0.1) is 11.6 Å². The smallest absolute Gasteiger partial charge is 0.253 e. The van der Waals surface area contributed by atoms with Gasteiger partial charge in [0.2, 0.25) is 5.91 Å². The van der Waals surface area contributed by atoms with Crippen LogP contribution in [0.1, 0.15) is 56.1 Å². The number of benzene rings is 2. The normalized spacial score (nSPS) is 12.2. The molecule has 0 aliphatic carbocycles. The molecule has 2 aromatic carbocycles. The fourth-order valence-electron chi connectivity index (χ4n) is 2.97. The molecule has 0 saturated carbocycles. The van der Waals surface area contributed by atoms with Crippen molar-refractivity contribution in [2.45, 2.75) is 40.2 Å². The Balaban J connectivity index is 2.22. The Morgan fingerprint density at radius 2 is 1.68 bits per heavy atom. The molecular formula is C23H31N3O2. The number of hydrogen-bond donors (Lipinski definition) is 2. The van der Waals surface area contributed by atoms with Crippen LogP contribution in [0.4, 0.5) is 11.4 Å². The van der Waals surface area contributed by atoms with Crippen molar-refractivity contribution in [2.75, 3.05) is 24.3 Å². The van der Waals surface area contributed by atoms with Crippen molar-refractivity contribution in [3.8, 4) is 0 Å². The Kier molecular flexibility index (Phi) is 6.84. The van der Waals surface area contributed by atoms with Gasteiger partial charge in [-0.25, -0.2) is 0 Å². The molecule has 0 heterocycles. The summed E-state index contributed by atoms with van der Waals surface area (Å²) in [7, 11) is 3.79. The first-order valence-corrected chi connectivity index (χ1v) is 9.54. The zero-order valence-electron chi connectivity index (χ0n) is 17.7. The first-order valence-electron chi connectivity index (χ1n) is 9.54. The van der Waals surface area contributed by atoms with Crippen LogP contribution in [0.5, 0.6) is 0 Å². The van der Waals surface area contributed by atoms with Gasteiger partial charge in [-0.1, -0.05) is 51.1 Å². The molecule has 0 aliphatic rings. The van der Waals surface area contributed by atoms with Crippen LogP contribution in [0, 0.1) is 5.41 Å². The number of nitrogens with one attached hydrogen (secondary N) is 2. The molecule has 2 aromatic rings. The second kappa shape index (κ2) is 8.91. The molecular weight excluding hydrogens is 350 g/mol. The molecule has 0 spiro atoms. The Morgan fingerprint density at radius 3 is 2.25 bits per heavy atom. The monoisotopic (exact) mass is 381 g/mol. The molecule has 1 atom stereocenters. The van der Waals surface area contributed by atoms with Gasteiger partial charge in [0.15, 0.2) is 0 Å². The number of carbonyl (C=O) groups excluding carboxylic acids is 2. The molecule has 2 N–H and O–H groups in total. The van der Waals surface area contributed by atoms with Crippen molar-refractivity contribution < 1.29 is 9.59 Å². The third-order valence-corrected chi connectivity index (χ3v) is 4.34. The molecule has 2 amide bonds. The number of hydrogen-bond acceptors (Lipinski definition) is 3. The average Bonchev–Trinajstić information content (AvgIpc) is 2.60. The van der Waals surface area contributed by atoms with Gasteiger partial charge in [0.25, 0.3) is 5.91 Å². The van der Waals surface area contributed by atoms with Crippen LogP contribution in [0.25, 0.3) is 0 Å². The lowest BCUT2D eigenvalue weighted by molar-refractivity contribution is -0.117. The van der Waals surface area contributed by atoms with Crippen LogP contribution in [-0.4, -0.2) is 25.9 Å². The standard InChI is InChI=1S/C23H31N3O2/c1-16(17-10-8-7-9-11-17)24-22(28)19-14-18(12-13-20(19)26(5)6)25-21(27)15-23(2,3)4/h7-14,16H,15H2,1-6H3,(H,24,28)(H,25,27)/t16-/m1/s1. The summed E-state index contributed by atoms with van der Waals surface area (Å²) < 4.78 is 0. The van der Waals surface area contributed by atoms with Crippen molar-refractivity contribution in [3.63, 3.8) is 0 Å². The van der Waals surface area contributed by atoms with E-state index in [2.05, 4.69) is 10.6 Å². The highest BCUT2D eigenvalue weighted by molar-refractivity contribution is 6.02. The second-order valence-electron chi connectivity index (χ2n) is 8.52. The van der Waals surface area contributed by atoms with Crippen molar-refractivity contribution >= 4 is 23.2 Å². The largest absolute Gasteiger partial charge is 0.377 e. The van der Waals surface area contributed by atoms with Crippen LogP contribution in [-0.2, 0) is 4.79 Å². The number of nitrogens with zero attached hydrogens (tertiary/aromatic N) is 1. The Morgan fingerprint density at radius 1 is 1.04 bits per heavy atom. The van der Waals surface area contributed by atoms with Gasteiger partial charge in [-0.3, -0.25) is 9.59 Å². The second-order valence-corrected chi connectivity index (χ2v) is 8.52. The first-order chi connectivity index (χ1) is 13.1. The predicted molar refractivity (Wildman–Crippen MR) is 116 cm³/mol. The first kappa shape index (κ1) is 21.5. The summed E-state index contributed by atoms with van der Waals surface area (Å²) in [6, 6.07) is 15.1. The van der Waals surface area contributed by atoms with Gasteiger partial charge in [0.1, 0.15) is 0 Å². The maximum atomic E-state index is 13.0. The highest BCUT2D eigenvalue weighted by Gasteiger charge is 2.19. The van der Waals surface area contributed by atoms with Crippen molar-refractivity contribution in [1.29, 1.82) is 0 Å². The zero-order chi connectivity index (χ0) is 20.9. The summed E-state index contributed by atoms with van der Waals surface area (Å²) in [6.45, 7) is 8.01. The van der Waals surface area contributed by atoms with Gasteiger partial charge in [-0.15, -0.1) is 0 Å². The molecule has 0 fully saturated rings. The van der Waals surface area contributed by atoms with Crippen LogP contribution < -0.4 is 15.5 Å². The fourth-order valence-corrected chi connectivity index (χ4v) is 2.97. The SMILES string of the molecule is C[C@@H](NC(=O)c1cc(NC(=O)CC(C)(C)C)ccc1N(C)C)c1ccccc1. The van der Waals surface area contributed by atoms with Gasteiger partial charge in [-0.2, -0.15) is 0 Å². The summed E-state index contributed by atoms with van der Waals surface area (Å²) >= 11 is 0. The molecule has 0 unspecified atom stereocenters. The van der Waals surface area contributed by atoms with Crippen molar-refractivity contribution in [1.82, 2.24) is 5.32 Å². The number of amides is 2. The van der Waals surface area contributed by atoms with E-state index < -0.39 is 0 Å². The topological polar surface area (TPSA) is 61.4 Å².